The van der Waals surface area contributed by atoms with Crippen LogP contribution in [-0.2, 0) is 20.7 Å². The molecule has 3 aromatic rings. The quantitative estimate of drug-likeness (QED) is 0.545. The molecule has 7 heteroatoms. The van der Waals surface area contributed by atoms with E-state index in [1.165, 1.54) is 6.07 Å². The zero-order valence-electron chi connectivity index (χ0n) is 14.4. The fourth-order valence-electron chi connectivity index (χ4n) is 2.75. The summed E-state index contributed by atoms with van der Waals surface area (Å²) in [6, 6.07) is 12.8. The average Bonchev–Trinajstić information content (AvgIpc) is 3.06. The molecule has 0 unspecified atom stereocenters. The summed E-state index contributed by atoms with van der Waals surface area (Å²) < 4.78 is 5.02. The van der Waals surface area contributed by atoms with Crippen LogP contribution < -0.4 is 5.32 Å². The summed E-state index contributed by atoms with van der Waals surface area (Å²) in [5.74, 6) is -0.836. The van der Waals surface area contributed by atoms with Crippen LogP contribution in [0.2, 0.25) is 10.0 Å². The Labute approximate surface area is 166 Å². The van der Waals surface area contributed by atoms with Gasteiger partial charge in [-0.15, -0.1) is 0 Å². The van der Waals surface area contributed by atoms with Crippen LogP contribution in [0.15, 0.2) is 48.7 Å². The Hall–Kier alpha value is -2.50. The molecule has 0 bridgehead atoms. The lowest BCUT2D eigenvalue weighted by Gasteiger charge is -2.07. The molecule has 0 atom stereocenters. The van der Waals surface area contributed by atoms with E-state index in [1.807, 2.05) is 30.5 Å². The minimum Gasteiger partial charge on any atom is -0.456 e. The smallest absolute Gasteiger partial charge is 0.306 e. The van der Waals surface area contributed by atoms with E-state index in [9.17, 15) is 9.59 Å². The van der Waals surface area contributed by atoms with Gasteiger partial charge in [0.2, 0.25) is 0 Å². The van der Waals surface area contributed by atoms with Gasteiger partial charge in [0.15, 0.2) is 6.61 Å². The summed E-state index contributed by atoms with van der Waals surface area (Å²) >= 11 is 11.7. The summed E-state index contributed by atoms with van der Waals surface area (Å²) in [6.07, 6.45) is 3.62. The Kier molecular flexibility index (Phi) is 6.37. The number of anilines is 1. The molecule has 0 spiro atoms. The van der Waals surface area contributed by atoms with Crippen molar-refractivity contribution >= 4 is 51.7 Å². The largest absolute Gasteiger partial charge is 0.456 e. The van der Waals surface area contributed by atoms with Crippen LogP contribution in [0.5, 0.6) is 0 Å². The number of ether oxygens (including phenoxy) is 1. The molecule has 27 heavy (non-hydrogen) atoms. The van der Waals surface area contributed by atoms with Crippen LogP contribution in [0, 0.1) is 0 Å². The molecular formula is C20H18Cl2N2O3. The Morgan fingerprint density at radius 1 is 1.07 bits per heavy atom. The fourth-order valence-corrected chi connectivity index (χ4v) is 3.05. The SMILES string of the molecule is O=C(COC(=O)CCCc1c[nH]c2ccccc12)Nc1ccc(Cl)c(Cl)c1. The molecule has 5 nitrogen and oxygen atoms in total. The van der Waals surface area contributed by atoms with E-state index >= 15 is 0 Å². The van der Waals surface area contributed by atoms with Crippen molar-refractivity contribution in [1.29, 1.82) is 0 Å². The van der Waals surface area contributed by atoms with Crippen LogP contribution in [-0.4, -0.2) is 23.5 Å². The molecule has 0 fully saturated rings. The molecule has 0 aliphatic carbocycles. The van der Waals surface area contributed by atoms with Gasteiger partial charge in [-0.3, -0.25) is 9.59 Å². The van der Waals surface area contributed by atoms with Crippen molar-refractivity contribution < 1.29 is 14.3 Å². The number of aromatic amines is 1. The molecule has 1 heterocycles. The number of amides is 1. The number of carbonyl (C=O) groups excluding carboxylic acids is 2. The molecule has 0 saturated carbocycles. The third-order valence-electron chi connectivity index (χ3n) is 4.07. The summed E-state index contributed by atoms with van der Waals surface area (Å²) in [5.41, 5.74) is 2.73. The number of carbonyl (C=O) groups is 2. The lowest BCUT2D eigenvalue weighted by Crippen LogP contribution is -2.20. The van der Waals surface area contributed by atoms with E-state index in [0.29, 0.717) is 22.2 Å². The lowest BCUT2D eigenvalue weighted by atomic mass is 10.1. The first kappa shape index (κ1) is 19.3. The first-order valence-electron chi connectivity index (χ1n) is 8.48. The van der Waals surface area contributed by atoms with Crippen molar-refractivity contribution in [2.45, 2.75) is 19.3 Å². The zero-order valence-corrected chi connectivity index (χ0v) is 15.9. The van der Waals surface area contributed by atoms with Gasteiger partial charge in [-0.25, -0.2) is 0 Å². The van der Waals surface area contributed by atoms with E-state index in [2.05, 4.69) is 10.3 Å². The summed E-state index contributed by atoms with van der Waals surface area (Å²) in [6.45, 7) is -0.341. The highest BCUT2D eigenvalue weighted by Crippen LogP contribution is 2.25. The van der Waals surface area contributed by atoms with Crippen LogP contribution >= 0.6 is 23.2 Å². The number of aromatic nitrogens is 1. The van der Waals surface area contributed by atoms with Gasteiger partial charge in [-0.1, -0.05) is 41.4 Å². The van der Waals surface area contributed by atoms with Gasteiger partial charge in [0.25, 0.3) is 5.91 Å². The van der Waals surface area contributed by atoms with Gasteiger partial charge in [0, 0.05) is 29.2 Å². The Morgan fingerprint density at radius 3 is 2.70 bits per heavy atom. The number of H-pyrrole nitrogens is 1. The second kappa shape index (κ2) is 8.93. The lowest BCUT2D eigenvalue weighted by molar-refractivity contribution is -0.147. The molecule has 0 aliphatic heterocycles. The van der Waals surface area contributed by atoms with Crippen molar-refractivity contribution in [1.82, 2.24) is 4.98 Å². The number of esters is 1. The second-order valence-electron chi connectivity index (χ2n) is 6.05. The number of rotatable bonds is 7. The molecule has 2 aromatic carbocycles. The van der Waals surface area contributed by atoms with Gasteiger partial charge >= 0.3 is 5.97 Å². The van der Waals surface area contributed by atoms with E-state index in [-0.39, 0.29) is 13.0 Å². The summed E-state index contributed by atoms with van der Waals surface area (Å²) in [4.78, 5) is 26.9. The number of halogens is 2. The Morgan fingerprint density at radius 2 is 1.89 bits per heavy atom. The molecule has 3 rings (SSSR count). The van der Waals surface area contributed by atoms with Crippen LogP contribution in [0.3, 0.4) is 0 Å². The summed E-state index contributed by atoms with van der Waals surface area (Å²) in [7, 11) is 0. The molecule has 1 amide bonds. The van der Waals surface area contributed by atoms with Crippen molar-refractivity contribution in [3.8, 4) is 0 Å². The number of hydrogen-bond acceptors (Lipinski definition) is 3. The van der Waals surface area contributed by atoms with Crippen molar-refractivity contribution in [2.24, 2.45) is 0 Å². The fraction of sp³-hybridized carbons (Fsp3) is 0.200. The third-order valence-corrected chi connectivity index (χ3v) is 4.81. The minimum absolute atomic E-state index is 0.250. The van der Waals surface area contributed by atoms with Crippen molar-refractivity contribution in [2.75, 3.05) is 11.9 Å². The number of benzene rings is 2. The van der Waals surface area contributed by atoms with Gasteiger partial charge < -0.3 is 15.0 Å². The zero-order chi connectivity index (χ0) is 19.2. The van der Waals surface area contributed by atoms with Gasteiger partial charge in [0.05, 0.1) is 10.0 Å². The molecule has 140 valence electrons. The van der Waals surface area contributed by atoms with Crippen molar-refractivity contribution in [3.63, 3.8) is 0 Å². The highest BCUT2D eigenvalue weighted by molar-refractivity contribution is 6.42. The van der Waals surface area contributed by atoms with Crippen molar-refractivity contribution in [3.05, 3.63) is 64.3 Å². The standard InChI is InChI=1S/C20H18Cl2N2O3/c21-16-9-8-14(10-17(16)22)24-19(25)12-27-20(26)7-3-4-13-11-23-18-6-2-1-5-15(13)18/h1-2,5-6,8-11,23H,3-4,7,12H2,(H,24,25). The predicted octanol–water partition coefficient (Wildman–Crippen LogP) is 4.98. The number of nitrogens with one attached hydrogen (secondary N) is 2. The van der Waals surface area contributed by atoms with Crippen LogP contribution in [0.1, 0.15) is 18.4 Å². The van der Waals surface area contributed by atoms with Gasteiger partial charge in [-0.05, 0) is 42.7 Å². The topological polar surface area (TPSA) is 71.2 Å². The normalized spacial score (nSPS) is 10.7. The first-order chi connectivity index (χ1) is 13.0. The summed E-state index contributed by atoms with van der Waals surface area (Å²) in [5, 5.41) is 4.50. The first-order valence-corrected chi connectivity index (χ1v) is 9.24. The van der Waals surface area contributed by atoms with Crippen LogP contribution in [0.25, 0.3) is 10.9 Å². The Balaban J connectivity index is 1.40. The number of para-hydroxylation sites is 1. The second-order valence-corrected chi connectivity index (χ2v) is 6.87. The maximum absolute atomic E-state index is 11.9. The maximum atomic E-state index is 11.9. The highest BCUT2D eigenvalue weighted by atomic mass is 35.5. The van der Waals surface area contributed by atoms with Gasteiger partial charge in [-0.2, -0.15) is 0 Å². The molecule has 0 aliphatic rings. The Bertz CT molecular complexity index is 969. The molecule has 2 N–H and O–H groups in total. The maximum Gasteiger partial charge on any atom is 0.306 e. The average molecular weight is 405 g/mol. The van der Waals surface area contributed by atoms with Gasteiger partial charge in [0.1, 0.15) is 0 Å². The number of aryl methyl sites for hydroxylation is 1. The van der Waals surface area contributed by atoms with E-state index in [4.69, 9.17) is 27.9 Å². The number of fused-ring (bicyclic) bond motifs is 1. The molecule has 1 aromatic heterocycles. The minimum atomic E-state index is -0.432. The van der Waals surface area contributed by atoms with E-state index < -0.39 is 11.9 Å². The predicted molar refractivity (Wildman–Crippen MR) is 107 cm³/mol. The molecular weight excluding hydrogens is 387 g/mol. The van der Waals surface area contributed by atoms with E-state index in [1.54, 1.807) is 12.1 Å². The third kappa shape index (κ3) is 5.25. The van der Waals surface area contributed by atoms with E-state index in [0.717, 1.165) is 22.9 Å². The molecule has 0 radical (unpaired) electrons. The molecule has 0 saturated heterocycles. The highest BCUT2D eigenvalue weighted by Gasteiger charge is 2.10. The monoisotopic (exact) mass is 404 g/mol. The number of hydrogen-bond donors (Lipinski definition) is 2. The van der Waals surface area contributed by atoms with Crippen LogP contribution in [0.4, 0.5) is 5.69 Å².